The topological polar surface area (TPSA) is 144 Å². The summed E-state index contributed by atoms with van der Waals surface area (Å²) in [6, 6.07) is 5.17. The molecule has 8 nitrogen and oxygen atoms in total. The first-order chi connectivity index (χ1) is 11.4. The van der Waals surface area contributed by atoms with Crippen molar-refractivity contribution in [3.05, 3.63) is 40.7 Å². The van der Waals surface area contributed by atoms with Gasteiger partial charge in [-0.05, 0) is 25.5 Å². The van der Waals surface area contributed by atoms with Crippen molar-refractivity contribution in [1.29, 1.82) is 5.26 Å². The number of phenols is 1. The number of aromatic hydroxyl groups is 1. The number of aryl methyl sites for hydroxylation is 1. The minimum Gasteiger partial charge on any atom is -0.508 e. The van der Waals surface area contributed by atoms with E-state index in [0.29, 0.717) is 11.3 Å². The molecule has 1 amide bonds. The molecule has 2 heterocycles. The number of nitrogens with zero attached hydrogens (tertiary/aromatic N) is 4. The summed E-state index contributed by atoms with van der Waals surface area (Å²) in [7, 11) is 0. The molecule has 0 unspecified atom stereocenters. The molecule has 0 saturated heterocycles. The number of nitriles is 1. The molecule has 3 rings (SSSR count). The minimum absolute atomic E-state index is 0.00302. The normalized spacial score (nSPS) is 10.7. The van der Waals surface area contributed by atoms with Crippen molar-refractivity contribution >= 4 is 22.9 Å². The van der Waals surface area contributed by atoms with Gasteiger partial charge in [0.25, 0.3) is 5.91 Å². The molecule has 8 heteroatoms. The molecule has 0 spiro atoms. The molecule has 2 aromatic heterocycles. The average molecular weight is 322 g/mol. The van der Waals surface area contributed by atoms with E-state index >= 15 is 0 Å². The number of benzene rings is 1. The van der Waals surface area contributed by atoms with Gasteiger partial charge in [-0.3, -0.25) is 9.36 Å². The summed E-state index contributed by atoms with van der Waals surface area (Å²) in [5.74, 6) is -0.625. The Hall–Kier alpha value is -3.60. The Kier molecular flexibility index (Phi) is 3.34. The van der Waals surface area contributed by atoms with Crippen molar-refractivity contribution in [2.24, 2.45) is 5.73 Å². The summed E-state index contributed by atoms with van der Waals surface area (Å²) < 4.78 is 1.52. The van der Waals surface area contributed by atoms with Crippen LogP contribution >= 0.6 is 0 Å². The third-order valence-corrected chi connectivity index (χ3v) is 3.89. The van der Waals surface area contributed by atoms with Crippen LogP contribution in [-0.2, 0) is 0 Å². The van der Waals surface area contributed by atoms with Crippen LogP contribution in [0.15, 0.2) is 18.3 Å². The molecule has 3 aromatic rings. The maximum atomic E-state index is 11.8. The van der Waals surface area contributed by atoms with Gasteiger partial charge in [0, 0.05) is 5.56 Å². The quantitative estimate of drug-likeness (QED) is 0.648. The number of phenolic OH excluding ortho intramolecular Hbond substituents is 1. The Bertz CT molecular complexity index is 1050. The standard InChI is InChI=1S/C16H14N6O2/c1-7-3-4-10(23)8(2)13(7)22-14(18)11(15(19)24)12-16(22)20-6-9(5-17)21-12/h3-4,6,23H,18H2,1-2H3,(H2,19,24). The van der Waals surface area contributed by atoms with E-state index in [4.69, 9.17) is 16.7 Å². The van der Waals surface area contributed by atoms with Crippen molar-refractivity contribution in [3.63, 3.8) is 0 Å². The summed E-state index contributed by atoms with van der Waals surface area (Å²) in [5.41, 5.74) is 14.0. The van der Waals surface area contributed by atoms with Gasteiger partial charge in [-0.2, -0.15) is 5.26 Å². The largest absolute Gasteiger partial charge is 0.508 e. The Morgan fingerprint density at radius 3 is 2.71 bits per heavy atom. The summed E-state index contributed by atoms with van der Waals surface area (Å²) in [4.78, 5) is 20.2. The van der Waals surface area contributed by atoms with Crippen LogP contribution in [0, 0.1) is 25.2 Å². The highest BCUT2D eigenvalue weighted by Gasteiger charge is 2.25. The van der Waals surface area contributed by atoms with E-state index < -0.39 is 5.91 Å². The fourth-order valence-electron chi connectivity index (χ4n) is 2.75. The third-order valence-electron chi connectivity index (χ3n) is 3.89. The van der Waals surface area contributed by atoms with Gasteiger partial charge in [-0.15, -0.1) is 0 Å². The number of hydrogen-bond acceptors (Lipinski definition) is 6. The lowest BCUT2D eigenvalue weighted by Crippen LogP contribution is -2.14. The van der Waals surface area contributed by atoms with Gasteiger partial charge in [0.2, 0.25) is 0 Å². The predicted molar refractivity (Wildman–Crippen MR) is 87.6 cm³/mol. The van der Waals surface area contributed by atoms with Crippen molar-refractivity contribution in [2.75, 3.05) is 5.73 Å². The fraction of sp³-hybridized carbons (Fsp3) is 0.125. The van der Waals surface area contributed by atoms with Gasteiger partial charge in [0.15, 0.2) is 11.3 Å². The lowest BCUT2D eigenvalue weighted by atomic mass is 10.1. The number of amides is 1. The molecule has 24 heavy (non-hydrogen) atoms. The van der Waals surface area contributed by atoms with E-state index in [1.54, 1.807) is 19.1 Å². The smallest absolute Gasteiger partial charge is 0.254 e. The number of carbonyl (C=O) groups excluding carboxylic acids is 1. The van der Waals surface area contributed by atoms with Gasteiger partial charge in [-0.25, -0.2) is 9.97 Å². The van der Waals surface area contributed by atoms with Gasteiger partial charge in [0.05, 0.1) is 11.9 Å². The van der Waals surface area contributed by atoms with E-state index in [1.165, 1.54) is 10.8 Å². The van der Waals surface area contributed by atoms with Gasteiger partial charge in [0.1, 0.15) is 28.7 Å². The van der Waals surface area contributed by atoms with Crippen molar-refractivity contribution < 1.29 is 9.90 Å². The molecule has 0 bridgehead atoms. The molecule has 0 fully saturated rings. The van der Waals surface area contributed by atoms with Gasteiger partial charge >= 0.3 is 0 Å². The summed E-state index contributed by atoms with van der Waals surface area (Å²) in [5, 5.41) is 19.0. The highest BCUT2D eigenvalue weighted by molar-refractivity contribution is 6.09. The second kappa shape index (κ2) is 5.24. The second-order valence-electron chi connectivity index (χ2n) is 5.37. The van der Waals surface area contributed by atoms with Crippen molar-refractivity contribution in [1.82, 2.24) is 14.5 Å². The van der Waals surface area contributed by atoms with Crippen LogP contribution in [0.4, 0.5) is 5.82 Å². The molecule has 0 aliphatic heterocycles. The highest BCUT2D eigenvalue weighted by Crippen LogP contribution is 2.34. The van der Waals surface area contributed by atoms with Crippen molar-refractivity contribution in [3.8, 4) is 17.5 Å². The average Bonchev–Trinajstić information content (AvgIpc) is 2.83. The molecule has 0 atom stereocenters. The number of aromatic nitrogens is 3. The number of nitrogen functional groups attached to an aromatic ring is 1. The lowest BCUT2D eigenvalue weighted by molar-refractivity contribution is 0.100. The number of primary amides is 1. The van der Waals surface area contributed by atoms with Crippen LogP contribution in [0.5, 0.6) is 5.75 Å². The van der Waals surface area contributed by atoms with Crippen LogP contribution in [0.3, 0.4) is 0 Å². The predicted octanol–water partition coefficient (Wildman–Crippen LogP) is 1.30. The number of hydrogen-bond donors (Lipinski definition) is 3. The summed E-state index contributed by atoms with van der Waals surface area (Å²) in [6.07, 6.45) is 1.29. The number of anilines is 1. The zero-order chi connectivity index (χ0) is 17.6. The fourth-order valence-corrected chi connectivity index (χ4v) is 2.75. The zero-order valence-electron chi connectivity index (χ0n) is 13.0. The summed E-state index contributed by atoms with van der Waals surface area (Å²) in [6.45, 7) is 3.57. The number of carbonyl (C=O) groups is 1. The van der Waals surface area contributed by atoms with Crippen LogP contribution in [0.25, 0.3) is 16.9 Å². The Morgan fingerprint density at radius 2 is 2.08 bits per heavy atom. The van der Waals surface area contributed by atoms with E-state index in [0.717, 1.165) is 5.56 Å². The molecule has 120 valence electrons. The molecule has 0 radical (unpaired) electrons. The molecule has 0 saturated carbocycles. The monoisotopic (exact) mass is 322 g/mol. The number of nitrogens with two attached hydrogens (primary N) is 2. The molecular weight excluding hydrogens is 308 g/mol. The van der Waals surface area contributed by atoms with E-state index in [-0.39, 0.29) is 34.0 Å². The molecule has 1 aromatic carbocycles. The Labute approximate surface area is 137 Å². The maximum Gasteiger partial charge on any atom is 0.254 e. The zero-order valence-corrected chi connectivity index (χ0v) is 13.0. The first-order valence-electron chi connectivity index (χ1n) is 7.03. The van der Waals surface area contributed by atoms with Gasteiger partial charge < -0.3 is 16.6 Å². The lowest BCUT2D eigenvalue weighted by Gasteiger charge is -2.15. The first kappa shape index (κ1) is 15.3. The van der Waals surface area contributed by atoms with E-state index in [9.17, 15) is 9.90 Å². The Morgan fingerprint density at radius 1 is 1.38 bits per heavy atom. The van der Waals surface area contributed by atoms with Crippen LogP contribution in [-0.4, -0.2) is 25.5 Å². The molecule has 5 N–H and O–H groups in total. The molecular formula is C16H14N6O2. The third kappa shape index (κ3) is 2.03. The summed E-state index contributed by atoms with van der Waals surface area (Å²) >= 11 is 0. The van der Waals surface area contributed by atoms with Gasteiger partial charge in [-0.1, -0.05) is 6.07 Å². The van der Waals surface area contributed by atoms with Crippen molar-refractivity contribution in [2.45, 2.75) is 13.8 Å². The van der Waals surface area contributed by atoms with E-state index in [2.05, 4.69) is 9.97 Å². The Balaban J connectivity index is 2.52. The SMILES string of the molecule is Cc1ccc(O)c(C)c1-n1c(N)c(C(N)=O)c2nc(C#N)cnc21. The second-order valence-corrected chi connectivity index (χ2v) is 5.37. The molecule has 0 aliphatic carbocycles. The number of rotatable bonds is 2. The minimum atomic E-state index is -0.768. The van der Waals surface area contributed by atoms with Crippen LogP contribution < -0.4 is 11.5 Å². The molecule has 0 aliphatic rings. The van der Waals surface area contributed by atoms with Crippen LogP contribution in [0.2, 0.25) is 0 Å². The van der Waals surface area contributed by atoms with E-state index in [1.807, 2.05) is 13.0 Å². The van der Waals surface area contributed by atoms with Crippen LogP contribution in [0.1, 0.15) is 27.2 Å². The maximum absolute atomic E-state index is 11.8. The highest BCUT2D eigenvalue weighted by atomic mass is 16.3. The number of fused-ring (bicyclic) bond motifs is 1. The first-order valence-corrected chi connectivity index (χ1v) is 7.03.